The van der Waals surface area contributed by atoms with E-state index in [1.165, 1.54) is 22.4 Å². The second-order valence-corrected chi connectivity index (χ2v) is 9.87. The first-order valence-corrected chi connectivity index (χ1v) is 10.8. The topological polar surface area (TPSA) is 9.23 Å². The van der Waals surface area contributed by atoms with Gasteiger partial charge in [0.05, 0.1) is 5.22 Å². The summed E-state index contributed by atoms with van der Waals surface area (Å²) in [7, 11) is -1.63. The lowest BCUT2D eigenvalue weighted by atomic mass is 10.0. The highest BCUT2D eigenvalue weighted by Crippen LogP contribution is 2.37. The third-order valence-electron chi connectivity index (χ3n) is 5.24. The normalized spacial score (nSPS) is 20.5. The Labute approximate surface area is 151 Å². The molecular weight excluding hydrogens is 320 g/mol. The van der Waals surface area contributed by atoms with Crippen molar-refractivity contribution in [3.8, 4) is 0 Å². The second kappa shape index (κ2) is 7.38. The van der Waals surface area contributed by atoms with E-state index in [-0.39, 0.29) is 5.22 Å². The van der Waals surface area contributed by atoms with Crippen LogP contribution in [0.15, 0.2) is 84.9 Å². The summed E-state index contributed by atoms with van der Waals surface area (Å²) in [6.07, 6.45) is 3.48. The van der Waals surface area contributed by atoms with E-state index in [1.54, 1.807) is 0 Å². The largest absolute Gasteiger partial charge is 0.373 e. The predicted molar refractivity (Wildman–Crippen MR) is 106 cm³/mol. The minimum absolute atomic E-state index is 0.184. The first kappa shape index (κ1) is 16.3. The molecule has 0 N–H and O–H groups in total. The third-order valence-corrected chi connectivity index (χ3v) is 9.07. The molecule has 1 aliphatic heterocycles. The molecular formula is C23H23OSi. The van der Waals surface area contributed by atoms with Gasteiger partial charge in [-0.2, -0.15) is 0 Å². The van der Waals surface area contributed by atoms with E-state index in [9.17, 15) is 0 Å². The fraction of sp³-hybridized carbons (Fsp3) is 0.217. The number of rotatable bonds is 4. The van der Waals surface area contributed by atoms with Crippen molar-refractivity contribution < 1.29 is 4.74 Å². The van der Waals surface area contributed by atoms with Crippen molar-refractivity contribution >= 4 is 19.2 Å². The number of benzene rings is 3. The fourth-order valence-corrected chi connectivity index (χ4v) is 8.11. The number of hydrogen-bond acceptors (Lipinski definition) is 1. The maximum atomic E-state index is 6.67. The van der Waals surface area contributed by atoms with Gasteiger partial charge in [-0.1, -0.05) is 95.3 Å². The zero-order valence-corrected chi connectivity index (χ0v) is 15.6. The van der Waals surface area contributed by atoms with Gasteiger partial charge in [0.15, 0.2) is 0 Å². The Hall–Kier alpha value is -2.16. The van der Waals surface area contributed by atoms with Crippen molar-refractivity contribution in [1.82, 2.24) is 0 Å². The Bertz CT molecular complexity index is 741. The van der Waals surface area contributed by atoms with Gasteiger partial charge in [-0.15, -0.1) is 0 Å². The van der Waals surface area contributed by atoms with Gasteiger partial charge in [-0.3, -0.25) is 0 Å². The molecule has 1 nitrogen and oxygen atoms in total. The lowest BCUT2D eigenvalue weighted by Gasteiger charge is -2.43. The van der Waals surface area contributed by atoms with E-state index in [4.69, 9.17) is 4.74 Å². The Morgan fingerprint density at radius 3 is 1.88 bits per heavy atom. The van der Waals surface area contributed by atoms with Gasteiger partial charge >= 0.3 is 0 Å². The van der Waals surface area contributed by atoms with E-state index in [0.717, 1.165) is 19.4 Å². The van der Waals surface area contributed by atoms with Crippen LogP contribution in [0.2, 0.25) is 0 Å². The van der Waals surface area contributed by atoms with Gasteiger partial charge in [-0.25, -0.2) is 0 Å². The van der Waals surface area contributed by atoms with E-state index in [0.29, 0.717) is 0 Å². The first-order chi connectivity index (χ1) is 12.4. The molecule has 1 saturated heterocycles. The monoisotopic (exact) mass is 343 g/mol. The van der Waals surface area contributed by atoms with Gasteiger partial charge in [0.25, 0.3) is 0 Å². The molecule has 4 rings (SSSR count). The minimum Gasteiger partial charge on any atom is -0.373 e. The molecule has 0 saturated carbocycles. The Morgan fingerprint density at radius 1 is 0.760 bits per heavy atom. The number of hydrogen-bond donors (Lipinski definition) is 0. The Morgan fingerprint density at radius 2 is 1.36 bits per heavy atom. The van der Waals surface area contributed by atoms with E-state index in [2.05, 4.69) is 78.9 Å². The van der Waals surface area contributed by atoms with Crippen LogP contribution in [0, 0.1) is 6.07 Å². The quantitative estimate of drug-likeness (QED) is 0.659. The molecule has 0 bridgehead atoms. The van der Waals surface area contributed by atoms with Crippen molar-refractivity contribution in [3.05, 3.63) is 96.6 Å². The fourth-order valence-electron chi connectivity index (χ4n) is 4.13. The number of ether oxygens (including phenoxy) is 1. The summed E-state index contributed by atoms with van der Waals surface area (Å²) in [6.45, 7) is 0.849. The summed E-state index contributed by atoms with van der Waals surface area (Å²) in [6, 6.07) is 33.6. The van der Waals surface area contributed by atoms with E-state index < -0.39 is 8.80 Å². The van der Waals surface area contributed by atoms with Crippen LogP contribution in [0.25, 0.3) is 0 Å². The average molecular weight is 344 g/mol. The van der Waals surface area contributed by atoms with Gasteiger partial charge < -0.3 is 4.74 Å². The lowest BCUT2D eigenvalue weighted by molar-refractivity contribution is -0.0248. The highest BCUT2D eigenvalue weighted by molar-refractivity contribution is 6.87. The van der Waals surface area contributed by atoms with Gasteiger partial charge in [0.2, 0.25) is 0 Å². The molecule has 0 spiro atoms. The summed E-state index contributed by atoms with van der Waals surface area (Å²) in [5.74, 6) is 0. The van der Waals surface area contributed by atoms with Gasteiger partial charge in [0.1, 0.15) is 8.80 Å². The molecule has 2 heteroatoms. The SMILES string of the molecule is [c]1ccc(C2([SiH](c3ccccc3)c3ccccc3)CCCCO2)cc1. The zero-order valence-electron chi connectivity index (χ0n) is 14.4. The van der Waals surface area contributed by atoms with Crippen LogP contribution < -0.4 is 10.4 Å². The van der Waals surface area contributed by atoms with Crippen LogP contribution in [-0.4, -0.2) is 15.4 Å². The van der Waals surface area contributed by atoms with Crippen molar-refractivity contribution in [1.29, 1.82) is 0 Å². The molecule has 0 aromatic heterocycles. The third kappa shape index (κ3) is 3.20. The van der Waals surface area contributed by atoms with Gasteiger partial charge in [-0.05, 0) is 30.9 Å². The minimum atomic E-state index is -1.63. The van der Waals surface area contributed by atoms with E-state index in [1.807, 2.05) is 12.1 Å². The van der Waals surface area contributed by atoms with E-state index >= 15 is 0 Å². The highest BCUT2D eigenvalue weighted by Gasteiger charge is 2.45. The van der Waals surface area contributed by atoms with Crippen LogP contribution in [0.5, 0.6) is 0 Å². The molecule has 1 heterocycles. The highest BCUT2D eigenvalue weighted by atomic mass is 28.3. The molecule has 0 amide bonds. The lowest BCUT2D eigenvalue weighted by Crippen LogP contribution is -2.60. The maximum absolute atomic E-state index is 6.67. The molecule has 1 atom stereocenters. The van der Waals surface area contributed by atoms with Crippen LogP contribution in [-0.2, 0) is 9.96 Å². The Kier molecular flexibility index (Phi) is 4.82. The predicted octanol–water partition coefficient (Wildman–Crippen LogP) is 3.46. The molecule has 25 heavy (non-hydrogen) atoms. The smallest absolute Gasteiger partial charge is 0.143 e. The maximum Gasteiger partial charge on any atom is 0.143 e. The second-order valence-electron chi connectivity index (χ2n) is 6.74. The van der Waals surface area contributed by atoms with Crippen LogP contribution in [0.1, 0.15) is 24.8 Å². The van der Waals surface area contributed by atoms with Crippen molar-refractivity contribution in [3.63, 3.8) is 0 Å². The molecule has 1 fully saturated rings. The Balaban J connectivity index is 1.91. The van der Waals surface area contributed by atoms with Crippen molar-refractivity contribution in [2.75, 3.05) is 6.61 Å². The standard InChI is InChI=1S/C23H23OSi/c1-4-12-20(13-5-1)23(18-10-11-19-24-23)25(21-14-6-2-7-15-21)22-16-8-3-9-17-22/h2-9,12-17,25H,10-11,18-19H2. The summed E-state index contributed by atoms with van der Waals surface area (Å²) in [4.78, 5) is 0. The van der Waals surface area contributed by atoms with Gasteiger partial charge in [0, 0.05) is 6.61 Å². The van der Waals surface area contributed by atoms with Crippen molar-refractivity contribution in [2.24, 2.45) is 0 Å². The molecule has 1 radical (unpaired) electrons. The van der Waals surface area contributed by atoms with Crippen LogP contribution in [0.4, 0.5) is 0 Å². The van der Waals surface area contributed by atoms with Crippen LogP contribution in [0.3, 0.4) is 0 Å². The van der Waals surface area contributed by atoms with Crippen molar-refractivity contribution in [2.45, 2.75) is 24.5 Å². The van der Waals surface area contributed by atoms with Crippen LogP contribution >= 0.6 is 0 Å². The zero-order chi connectivity index (χ0) is 17.0. The summed E-state index contributed by atoms with van der Waals surface area (Å²) < 4.78 is 6.67. The molecule has 3 aromatic rings. The molecule has 1 unspecified atom stereocenters. The molecule has 0 aliphatic carbocycles. The summed E-state index contributed by atoms with van der Waals surface area (Å²) in [5, 5.41) is 2.71. The first-order valence-electron chi connectivity index (χ1n) is 9.11. The molecule has 3 aromatic carbocycles. The summed E-state index contributed by atoms with van der Waals surface area (Å²) >= 11 is 0. The average Bonchev–Trinajstić information content (AvgIpc) is 2.71. The summed E-state index contributed by atoms with van der Waals surface area (Å²) in [5.41, 5.74) is 1.32. The molecule has 125 valence electrons. The molecule has 1 aliphatic rings.